The SMILES string of the molecule is C=CC(=O)N1CC2C(=O)N(C)c3c(c4cc(Cl)c(-c5c(O)cccc5F)c(F)c4n(-c4c(C(N)=O)cccc4C(C)C)c3=O)N2CC1C. The number of hydrogen-bond donors (Lipinski definition) is 2. The molecule has 3 amide bonds. The van der Waals surface area contributed by atoms with Crippen LogP contribution in [0, 0.1) is 11.6 Å². The Morgan fingerprint density at radius 2 is 1.75 bits per heavy atom. The van der Waals surface area contributed by atoms with E-state index in [1.165, 1.54) is 36.2 Å². The van der Waals surface area contributed by atoms with Crippen LogP contribution in [0.1, 0.15) is 42.6 Å². The van der Waals surface area contributed by atoms with Gasteiger partial charge in [-0.05, 0) is 48.7 Å². The van der Waals surface area contributed by atoms with E-state index in [2.05, 4.69) is 6.58 Å². The van der Waals surface area contributed by atoms with Crippen molar-refractivity contribution in [3.05, 3.63) is 93.3 Å². The Balaban J connectivity index is 1.83. The lowest BCUT2D eigenvalue weighted by atomic mass is 9.93. The van der Waals surface area contributed by atoms with Crippen LogP contribution < -0.4 is 21.1 Å². The van der Waals surface area contributed by atoms with Crippen molar-refractivity contribution >= 4 is 51.6 Å². The zero-order valence-electron chi connectivity index (χ0n) is 26.6. The van der Waals surface area contributed by atoms with Crippen LogP contribution in [0.2, 0.25) is 5.02 Å². The van der Waals surface area contributed by atoms with E-state index in [-0.39, 0.29) is 63.5 Å². The molecule has 1 fully saturated rings. The summed E-state index contributed by atoms with van der Waals surface area (Å²) in [5, 5.41) is 10.5. The molecule has 2 aliphatic rings. The molecule has 0 spiro atoms. The highest BCUT2D eigenvalue weighted by Gasteiger charge is 2.46. The van der Waals surface area contributed by atoms with E-state index in [4.69, 9.17) is 17.3 Å². The van der Waals surface area contributed by atoms with Gasteiger partial charge in [-0.3, -0.25) is 23.7 Å². The molecule has 0 radical (unpaired) electrons. The van der Waals surface area contributed by atoms with Gasteiger partial charge in [-0.25, -0.2) is 8.78 Å². The van der Waals surface area contributed by atoms with E-state index in [9.17, 15) is 24.3 Å². The number of phenols is 1. The molecule has 248 valence electrons. The summed E-state index contributed by atoms with van der Waals surface area (Å²) in [4.78, 5) is 58.7. The zero-order valence-corrected chi connectivity index (χ0v) is 27.3. The van der Waals surface area contributed by atoms with Gasteiger partial charge in [0.1, 0.15) is 23.3 Å². The molecule has 3 aromatic carbocycles. The van der Waals surface area contributed by atoms with Crippen LogP contribution in [0.15, 0.2) is 59.9 Å². The van der Waals surface area contributed by atoms with Gasteiger partial charge in [-0.15, -0.1) is 0 Å². The van der Waals surface area contributed by atoms with Gasteiger partial charge in [0, 0.05) is 30.6 Å². The zero-order chi connectivity index (χ0) is 34.9. The van der Waals surface area contributed by atoms with Crippen molar-refractivity contribution in [1.82, 2.24) is 9.47 Å². The molecule has 10 nitrogen and oxygen atoms in total. The molecule has 3 N–H and O–H groups in total. The molecule has 13 heteroatoms. The number of nitrogens with two attached hydrogens (primary N) is 1. The first-order valence-electron chi connectivity index (χ1n) is 15.2. The molecule has 0 saturated carbocycles. The number of amides is 3. The van der Waals surface area contributed by atoms with Crippen LogP contribution in [0.3, 0.4) is 0 Å². The Morgan fingerprint density at radius 3 is 2.38 bits per heavy atom. The molecule has 1 saturated heterocycles. The van der Waals surface area contributed by atoms with Crippen molar-refractivity contribution < 1.29 is 28.3 Å². The summed E-state index contributed by atoms with van der Waals surface area (Å²) in [6, 6.07) is 8.06. The van der Waals surface area contributed by atoms with Gasteiger partial charge in [-0.1, -0.05) is 50.2 Å². The average Bonchev–Trinajstić information content (AvgIpc) is 3.03. The molecule has 1 aromatic heterocycles. The lowest BCUT2D eigenvalue weighted by molar-refractivity contribution is -0.130. The fraction of sp³-hybridized carbons (Fsp3) is 0.257. The van der Waals surface area contributed by atoms with E-state index in [1.807, 2.05) is 13.8 Å². The Kier molecular flexibility index (Phi) is 8.03. The molecule has 3 heterocycles. The molecule has 0 aliphatic carbocycles. The summed E-state index contributed by atoms with van der Waals surface area (Å²) in [5.41, 5.74) is 3.94. The highest BCUT2D eigenvalue weighted by molar-refractivity contribution is 6.35. The van der Waals surface area contributed by atoms with Crippen molar-refractivity contribution in [2.75, 3.05) is 29.9 Å². The molecule has 2 atom stereocenters. The number of carbonyl (C=O) groups excluding carboxylic acids is 3. The Hall–Kier alpha value is -5.23. The van der Waals surface area contributed by atoms with E-state index >= 15 is 8.78 Å². The minimum Gasteiger partial charge on any atom is -0.507 e. The normalized spacial score (nSPS) is 17.5. The molecule has 2 aliphatic heterocycles. The Bertz CT molecular complexity index is 2130. The molecule has 2 unspecified atom stereocenters. The fourth-order valence-corrected chi connectivity index (χ4v) is 7.19. The third-order valence-electron chi connectivity index (χ3n) is 9.16. The number of phenolic OH excluding ortho intramolecular Hbond substituents is 1. The monoisotopic (exact) mass is 675 g/mol. The van der Waals surface area contributed by atoms with E-state index in [0.29, 0.717) is 5.56 Å². The second-order valence-corrected chi connectivity index (χ2v) is 12.7. The molecular formula is C35H32ClF2N5O5. The van der Waals surface area contributed by atoms with Gasteiger partial charge >= 0.3 is 0 Å². The van der Waals surface area contributed by atoms with Gasteiger partial charge in [0.05, 0.1) is 39.6 Å². The van der Waals surface area contributed by atoms with Crippen LogP contribution >= 0.6 is 11.6 Å². The number of anilines is 2. The average molecular weight is 676 g/mol. The number of para-hydroxylation sites is 1. The summed E-state index contributed by atoms with van der Waals surface area (Å²) >= 11 is 6.74. The number of fused-ring (bicyclic) bond motifs is 5. The smallest absolute Gasteiger partial charge is 0.281 e. The number of benzene rings is 3. The van der Waals surface area contributed by atoms with Crippen LogP contribution in [0.5, 0.6) is 5.75 Å². The van der Waals surface area contributed by atoms with Gasteiger partial charge in [0.25, 0.3) is 17.4 Å². The summed E-state index contributed by atoms with van der Waals surface area (Å²) < 4.78 is 33.7. The summed E-state index contributed by atoms with van der Waals surface area (Å²) in [6.07, 6.45) is 1.16. The van der Waals surface area contributed by atoms with Crippen molar-refractivity contribution in [3.63, 3.8) is 0 Å². The van der Waals surface area contributed by atoms with Gasteiger partial charge in [0.2, 0.25) is 5.91 Å². The molecular weight excluding hydrogens is 644 g/mol. The molecule has 48 heavy (non-hydrogen) atoms. The Labute approximate surface area is 279 Å². The minimum absolute atomic E-state index is 0.0135. The topological polar surface area (TPSA) is 129 Å². The van der Waals surface area contributed by atoms with Crippen molar-refractivity contribution in [2.45, 2.75) is 38.8 Å². The van der Waals surface area contributed by atoms with Crippen LogP contribution in [-0.4, -0.2) is 64.5 Å². The number of carbonyl (C=O) groups is 3. The van der Waals surface area contributed by atoms with Crippen LogP contribution in [-0.2, 0) is 9.59 Å². The number of nitrogens with zero attached hydrogens (tertiary/aromatic N) is 4. The van der Waals surface area contributed by atoms with Gasteiger partial charge < -0.3 is 25.5 Å². The first kappa shape index (κ1) is 32.7. The third kappa shape index (κ3) is 4.73. The number of rotatable bonds is 5. The number of hydrogen-bond acceptors (Lipinski definition) is 6. The predicted octanol–water partition coefficient (Wildman–Crippen LogP) is 5.09. The summed E-state index contributed by atoms with van der Waals surface area (Å²) in [5.74, 6) is -4.79. The second-order valence-electron chi connectivity index (χ2n) is 12.3. The molecule has 4 aromatic rings. The highest BCUT2D eigenvalue weighted by atomic mass is 35.5. The predicted molar refractivity (Wildman–Crippen MR) is 180 cm³/mol. The maximum absolute atomic E-state index is 17.4. The van der Waals surface area contributed by atoms with Crippen LogP contribution in [0.25, 0.3) is 27.7 Å². The highest BCUT2D eigenvalue weighted by Crippen LogP contribution is 2.47. The van der Waals surface area contributed by atoms with Crippen molar-refractivity contribution in [2.24, 2.45) is 5.73 Å². The Morgan fingerprint density at radius 1 is 1.06 bits per heavy atom. The largest absolute Gasteiger partial charge is 0.507 e. The molecule has 0 bridgehead atoms. The fourth-order valence-electron chi connectivity index (χ4n) is 6.91. The first-order chi connectivity index (χ1) is 22.7. The van der Waals surface area contributed by atoms with E-state index < -0.39 is 58.0 Å². The maximum atomic E-state index is 17.4. The van der Waals surface area contributed by atoms with Gasteiger partial charge in [0.15, 0.2) is 5.82 Å². The van der Waals surface area contributed by atoms with Crippen molar-refractivity contribution in [3.8, 4) is 22.6 Å². The number of pyridine rings is 1. The number of aromatic hydroxyl groups is 1. The number of primary amides is 1. The van der Waals surface area contributed by atoms with Crippen LogP contribution in [0.4, 0.5) is 20.2 Å². The third-order valence-corrected chi connectivity index (χ3v) is 9.45. The lowest BCUT2D eigenvalue weighted by Crippen LogP contribution is -2.66. The minimum atomic E-state index is -1.16. The van der Waals surface area contributed by atoms with E-state index in [1.54, 1.807) is 24.0 Å². The maximum Gasteiger partial charge on any atom is 0.281 e. The summed E-state index contributed by atoms with van der Waals surface area (Å²) in [7, 11) is 1.40. The van der Waals surface area contributed by atoms with E-state index in [0.717, 1.165) is 21.6 Å². The number of piperazine rings is 1. The number of likely N-dealkylation sites (N-methyl/N-ethyl adjacent to an activating group) is 1. The number of aromatic nitrogens is 1. The first-order valence-corrected chi connectivity index (χ1v) is 15.6. The second kappa shape index (κ2) is 11.8. The standard InChI is InChI=1S/C35H32ClF2N5O5/c1-6-25(45)41-15-23-34(47)40(5)32-31(42(23)14-17(41)4)20-13-21(36)26(27-22(37)11-8-12-24(27)44)28(38)30(20)43(35(32)48)29-18(16(2)3)9-7-10-19(29)33(39)46/h6-13,16-17,23,44H,1,14-15H2,2-5H3,(H2,39,46). The number of halogens is 3. The van der Waals surface area contributed by atoms with Gasteiger partial charge in [-0.2, -0.15) is 0 Å². The molecule has 6 rings (SSSR count). The van der Waals surface area contributed by atoms with Crippen molar-refractivity contribution in [1.29, 1.82) is 0 Å². The summed E-state index contributed by atoms with van der Waals surface area (Å²) in [6.45, 7) is 9.01. The lowest BCUT2D eigenvalue weighted by Gasteiger charge is -2.50. The quantitative estimate of drug-likeness (QED) is 0.284.